The van der Waals surface area contributed by atoms with Crippen molar-refractivity contribution in [2.45, 2.75) is 22.1 Å². The van der Waals surface area contributed by atoms with Gasteiger partial charge in [0.05, 0.1) is 10.3 Å². The van der Waals surface area contributed by atoms with Crippen molar-refractivity contribution in [2.24, 2.45) is 0 Å². The second-order valence-electron chi connectivity index (χ2n) is 5.61. The van der Waals surface area contributed by atoms with Crippen LogP contribution in [-0.2, 0) is 14.8 Å². The maximum Gasteiger partial charge on any atom is 0.244 e. The summed E-state index contributed by atoms with van der Waals surface area (Å²) in [4.78, 5) is 18.4. The zero-order valence-corrected chi connectivity index (χ0v) is 16.2. The van der Waals surface area contributed by atoms with Crippen LogP contribution in [0.1, 0.15) is 6.92 Å². The number of pyridine rings is 1. The van der Waals surface area contributed by atoms with E-state index in [0.29, 0.717) is 5.03 Å². The van der Waals surface area contributed by atoms with Gasteiger partial charge in [-0.1, -0.05) is 30.0 Å². The Hall–Kier alpha value is -1.90. The maximum absolute atomic E-state index is 12.5. The molecule has 1 aromatic carbocycles. The molecule has 0 unspecified atom stereocenters. The summed E-state index contributed by atoms with van der Waals surface area (Å²) in [6.07, 6.45) is 1.32. The number of carbonyl (C=O) groups is 1. The number of amides is 1. The molecule has 6 nitrogen and oxygen atoms in total. The number of hydrogen-bond donors (Lipinski definition) is 0. The highest BCUT2D eigenvalue weighted by Crippen LogP contribution is 2.25. The van der Waals surface area contributed by atoms with Gasteiger partial charge in [0, 0.05) is 33.0 Å². The van der Waals surface area contributed by atoms with Crippen LogP contribution in [0.15, 0.2) is 58.6 Å². The Morgan fingerprint density at radius 2 is 1.72 bits per heavy atom. The summed E-state index contributed by atoms with van der Waals surface area (Å²) in [5.41, 5.74) is 0.820. The quantitative estimate of drug-likeness (QED) is 0.721. The van der Waals surface area contributed by atoms with Gasteiger partial charge >= 0.3 is 0 Å². The Kier molecular flexibility index (Phi) is 6.21. The predicted octanol–water partition coefficient (Wildman–Crippen LogP) is 2.48. The second-order valence-corrected chi connectivity index (χ2v) is 9.13. The fourth-order valence-corrected chi connectivity index (χ4v) is 3.81. The Labute approximate surface area is 152 Å². The van der Waals surface area contributed by atoms with E-state index < -0.39 is 10.0 Å². The summed E-state index contributed by atoms with van der Waals surface area (Å²) >= 11 is 1.29. The number of carbonyl (C=O) groups excluding carboxylic acids is 1. The number of hydrogen-bond acceptors (Lipinski definition) is 5. The highest BCUT2D eigenvalue weighted by atomic mass is 32.2. The number of aromatic nitrogens is 1. The van der Waals surface area contributed by atoms with Crippen molar-refractivity contribution in [3.05, 3.63) is 48.7 Å². The lowest BCUT2D eigenvalue weighted by Gasteiger charge is -2.21. The number of para-hydroxylation sites is 1. The van der Waals surface area contributed by atoms with Crippen LogP contribution < -0.4 is 4.90 Å². The van der Waals surface area contributed by atoms with Gasteiger partial charge in [0.15, 0.2) is 0 Å². The first-order chi connectivity index (χ1) is 11.7. The lowest BCUT2D eigenvalue weighted by atomic mass is 10.3. The van der Waals surface area contributed by atoms with E-state index in [9.17, 15) is 13.2 Å². The fourth-order valence-electron chi connectivity index (χ4n) is 2.08. The van der Waals surface area contributed by atoms with E-state index >= 15 is 0 Å². The van der Waals surface area contributed by atoms with Crippen molar-refractivity contribution in [3.63, 3.8) is 0 Å². The minimum absolute atomic E-state index is 0.0528. The number of benzene rings is 1. The van der Waals surface area contributed by atoms with Gasteiger partial charge < -0.3 is 4.90 Å². The van der Waals surface area contributed by atoms with Gasteiger partial charge in [-0.3, -0.25) is 4.79 Å². The minimum atomic E-state index is -3.50. The van der Waals surface area contributed by atoms with Crippen LogP contribution in [0.4, 0.5) is 5.69 Å². The van der Waals surface area contributed by atoms with Crippen LogP contribution in [0.3, 0.4) is 0 Å². The summed E-state index contributed by atoms with van der Waals surface area (Å²) in [5, 5.41) is 0.244. The van der Waals surface area contributed by atoms with Gasteiger partial charge in [0.25, 0.3) is 0 Å². The molecule has 2 aromatic rings. The molecule has 1 atom stereocenters. The van der Waals surface area contributed by atoms with Crippen LogP contribution >= 0.6 is 11.8 Å². The molecule has 0 N–H and O–H groups in total. The molecule has 0 radical (unpaired) electrons. The normalized spacial score (nSPS) is 12.8. The van der Waals surface area contributed by atoms with Crippen LogP contribution in [0.5, 0.6) is 0 Å². The molecule has 134 valence electrons. The fraction of sp³-hybridized carbons (Fsp3) is 0.294. The molecule has 8 heteroatoms. The smallest absolute Gasteiger partial charge is 0.244 e. The Bertz CT molecular complexity index is 822. The van der Waals surface area contributed by atoms with E-state index in [4.69, 9.17) is 0 Å². The summed E-state index contributed by atoms with van der Waals surface area (Å²) < 4.78 is 25.2. The molecule has 2 rings (SSSR count). The van der Waals surface area contributed by atoms with Gasteiger partial charge in [-0.05, 0) is 31.2 Å². The van der Waals surface area contributed by atoms with Crippen molar-refractivity contribution in [2.75, 3.05) is 26.0 Å². The molecule has 0 bridgehead atoms. The highest BCUT2D eigenvalue weighted by Gasteiger charge is 2.21. The lowest BCUT2D eigenvalue weighted by Crippen LogP contribution is -2.33. The zero-order valence-electron chi connectivity index (χ0n) is 14.6. The first-order valence-corrected chi connectivity index (χ1v) is 9.93. The average Bonchev–Trinajstić information content (AvgIpc) is 2.61. The molecule has 0 aliphatic carbocycles. The van der Waals surface area contributed by atoms with Crippen molar-refractivity contribution >= 4 is 33.4 Å². The number of anilines is 1. The van der Waals surface area contributed by atoms with Gasteiger partial charge in [-0.15, -0.1) is 0 Å². The number of thioether (sulfide) groups is 1. The van der Waals surface area contributed by atoms with E-state index in [1.54, 1.807) is 24.9 Å². The standard InChI is InChI=1S/C17H21N3O3S2/c1-13(17(21)20(4)14-8-6-5-7-9-14)24-16-11-10-15(12-18-16)25(22,23)19(2)3/h5-13H,1-4H3/t13-/m0/s1. The maximum atomic E-state index is 12.5. The SMILES string of the molecule is C[C@H](Sc1ccc(S(=O)(=O)N(C)C)cn1)C(=O)N(C)c1ccccc1. The highest BCUT2D eigenvalue weighted by molar-refractivity contribution is 8.00. The van der Waals surface area contributed by atoms with Gasteiger partial charge in [0.2, 0.25) is 15.9 Å². The Morgan fingerprint density at radius 1 is 1.08 bits per heavy atom. The monoisotopic (exact) mass is 379 g/mol. The molecule has 1 aromatic heterocycles. The molecule has 0 saturated heterocycles. The van der Waals surface area contributed by atoms with Gasteiger partial charge in [-0.2, -0.15) is 0 Å². The van der Waals surface area contributed by atoms with Gasteiger partial charge in [0.1, 0.15) is 4.90 Å². The first-order valence-electron chi connectivity index (χ1n) is 7.61. The molecule has 0 fully saturated rings. The summed E-state index contributed by atoms with van der Waals surface area (Å²) in [6, 6.07) is 12.5. The van der Waals surface area contributed by atoms with E-state index in [1.807, 2.05) is 30.3 Å². The largest absolute Gasteiger partial charge is 0.315 e. The number of nitrogens with zero attached hydrogens (tertiary/aromatic N) is 3. The average molecular weight is 380 g/mol. The third-order valence-electron chi connectivity index (χ3n) is 3.61. The van der Waals surface area contributed by atoms with E-state index in [-0.39, 0.29) is 16.1 Å². The predicted molar refractivity (Wildman–Crippen MR) is 100 cm³/mol. The van der Waals surface area contributed by atoms with E-state index in [2.05, 4.69) is 4.98 Å². The minimum Gasteiger partial charge on any atom is -0.315 e. The molecule has 0 spiro atoms. The van der Waals surface area contributed by atoms with Crippen LogP contribution in [0.2, 0.25) is 0 Å². The summed E-state index contributed by atoms with van der Waals surface area (Å²) in [5.74, 6) is -0.0528. The summed E-state index contributed by atoms with van der Waals surface area (Å²) in [7, 11) is 1.17. The van der Waals surface area contributed by atoms with Crippen molar-refractivity contribution in [3.8, 4) is 0 Å². The number of rotatable bonds is 6. The van der Waals surface area contributed by atoms with E-state index in [0.717, 1.165) is 9.99 Å². The lowest BCUT2D eigenvalue weighted by molar-refractivity contribution is -0.117. The van der Waals surface area contributed by atoms with Crippen LogP contribution in [0, 0.1) is 0 Å². The molecule has 0 aliphatic rings. The topological polar surface area (TPSA) is 70.6 Å². The molecular weight excluding hydrogens is 358 g/mol. The van der Waals surface area contributed by atoms with Crippen molar-refractivity contribution in [1.82, 2.24) is 9.29 Å². The third-order valence-corrected chi connectivity index (χ3v) is 6.44. The van der Waals surface area contributed by atoms with Crippen molar-refractivity contribution in [1.29, 1.82) is 0 Å². The van der Waals surface area contributed by atoms with Crippen molar-refractivity contribution < 1.29 is 13.2 Å². The molecule has 1 amide bonds. The first kappa shape index (κ1) is 19.4. The Balaban J connectivity index is 2.08. The third kappa shape index (κ3) is 4.59. The van der Waals surface area contributed by atoms with Crippen LogP contribution in [0.25, 0.3) is 0 Å². The molecular formula is C17H21N3O3S2. The van der Waals surface area contributed by atoms with Gasteiger partial charge in [-0.25, -0.2) is 17.7 Å². The molecule has 0 saturated carbocycles. The Morgan fingerprint density at radius 3 is 2.24 bits per heavy atom. The molecule has 1 heterocycles. The zero-order chi connectivity index (χ0) is 18.6. The second kappa shape index (κ2) is 7.99. The number of sulfonamides is 1. The molecule has 25 heavy (non-hydrogen) atoms. The van der Waals surface area contributed by atoms with Crippen LogP contribution in [-0.4, -0.2) is 50.0 Å². The molecule has 0 aliphatic heterocycles. The van der Waals surface area contributed by atoms with E-state index in [1.165, 1.54) is 38.1 Å². The summed E-state index contributed by atoms with van der Waals surface area (Å²) in [6.45, 7) is 1.80.